The molecule has 0 radical (unpaired) electrons. The molecule has 0 amide bonds. The Bertz CT molecular complexity index is 917. The second kappa shape index (κ2) is 12.0. The predicted molar refractivity (Wildman–Crippen MR) is 125 cm³/mol. The average molecular weight is 419 g/mol. The highest BCUT2D eigenvalue weighted by Gasteiger charge is 2.20. The summed E-state index contributed by atoms with van der Waals surface area (Å²) in [6, 6.07) is 15.5. The zero-order valence-corrected chi connectivity index (χ0v) is 18.3. The van der Waals surface area contributed by atoms with Crippen LogP contribution in [-0.4, -0.2) is 26.2 Å². The van der Waals surface area contributed by atoms with Crippen LogP contribution in [0.3, 0.4) is 0 Å². The number of hydrogen-bond acceptors (Lipinski definition) is 5. The van der Waals surface area contributed by atoms with E-state index >= 15 is 0 Å². The lowest BCUT2D eigenvalue weighted by Gasteiger charge is -2.22. The van der Waals surface area contributed by atoms with Gasteiger partial charge in [-0.15, -0.1) is 11.8 Å². The first-order valence-corrected chi connectivity index (χ1v) is 10.4. The van der Waals surface area contributed by atoms with Crippen molar-refractivity contribution < 1.29 is 14.5 Å². The molecule has 0 heterocycles. The molecule has 0 bridgehead atoms. The standard InChI is InChI=1S/C24H26BNO3S/c1-5-6-21(28-3)12-7-18(2)24(19-8-13-22(29-4)14-9-19)30-23-15-10-20(11-16-23)25(27)17-26/h5-16,18,24,27H,1H2,2-4H3/b12-7-,21-6+. The number of nitrogens with zero attached hydrogens (tertiary/aromatic N) is 1. The van der Waals surface area contributed by atoms with Crippen molar-refractivity contribution in [3.8, 4) is 11.7 Å². The van der Waals surface area contributed by atoms with Gasteiger partial charge in [-0.2, -0.15) is 0 Å². The molecule has 0 aliphatic carbocycles. The van der Waals surface area contributed by atoms with Gasteiger partial charge in [0.2, 0.25) is 0 Å². The molecule has 2 aromatic rings. The van der Waals surface area contributed by atoms with Gasteiger partial charge in [0.15, 0.2) is 0 Å². The van der Waals surface area contributed by atoms with Crippen molar-refractivity contribution in [1.29, 1.82) is 5.26 Å². The molecule has 154 valence electrons. The van der Waals surface area contributed by atoms with Crippen molar-refractivity contribution in [2.45, 2.75) is 17.1 Å². The van der Waals surface area contributed by atoms with E-state index in [1.54, 1.807) is 44.2 Å². The van der Waals surface area contributed by atoms with E-state index in [4.69, 9.17) is 14.7 Å². The van der Waals surface area contributed by atoms with Crippen LogP contribution >= 0.6 is 11.8 Å². The molecule has 4 nitrogen and oxygen atoms in total. The van der Waals surface area contributed by atoms with Gasteiger partial charge in [-0.1, -0.05) is 49.9 Å². The van der Waals surface area contributed by atoms with Gasteiger partial charge in [0.05, 0.1) is 14.2 Å². The Morgan fingerprint density at radius 1 is 1.17 bits per heavy atom. The number of methoxy groups -OCH3 is 2. The number of rotatable bonds is 10. The van der Waals surface area contributed by atoms with Gasteiger partial charge in [-0.25, -0.2) is 5.26 Å². The smallest absolute Gasteiger partial charge is 0.445 e. The number of thioether (sulfide) groups is 1. The lowest BCUT2D eigenvalue weighted by Crippen LogP contribution is -2.28. The largest absolute Gasteiger partial charge is 0.497 e. The summed E-state index contributed by atoms with van der Waals surface area (Å²) in [6.45, 7) is 4.77. The summed E-state index contributed by atoms with van der Waals surface area (Å²) in [7, 11) is 3.29. The van der Waals surface area contributed by atoms with Gasteiger partial charge in [-0.05, 0) is 53.4 Å². The van der Waals surface area contributed by atoms with Gasteiger partial charge < -0.3 is 14.5 Å². The summed E-state index contributed by atoms with van der Waals surface area (Å²) < 4.78 is 10.6. The van der Waals surface area contributed by atoms with E-state index in [2.05, 4.69) is 31.7 Å². The van der Waals surface area contributed by atoms with E-state index in [-0.39, 0.29) is 11.2 Å². The maximum absolute atomic E-state index is 9.69. The summed E-state index contributed by atoms with van der Waals surface area (Å²) in [5.41, 5.74) is 1.76. The van der Waals surface area contributed by atoms with Crippen molar-refractivity contribution >= 4 is 24.1 Å². The van der Waals surface area contributed by atoms with E-state index in [1.165, 1.54) is 5.56 Å². The molecule has 0 aliphatic rings. The van der Waals surface area contributed by atoms with Crippen LogP contribution in [0.15, 0.2) is 90.1 Å². The Balaban J connectivity index is 2.30. The number of allylic oxidation sites excluding steroid dienone is 4. The molecule has 30 heavy (non-hydrogen) atoms. The third kappa shape index (κ3) is 6.58. The molecule has 0 spiro atoms. The Hall–Kier alpha value is -2.88. The monoisotopic (exact) mass is 419 g/mol. The molecular weight excluding hydrogens is 393 g/mol. The Labute approximate surface area is 183 Å². The van der Waals surface area contributed by atoms with Crippen LogP contribution in [0.25, 0.3) is 0 Å². The molecule has 6 heteroatoms. The zero-order chi connectivity index (χ0) is 21.9. The van der Waals surface area contributed by atoms with Crippen LogP contribution in [0.1, 0.15) is 17.7 Å². The highest BCUT2D eigenvalue weighted by atomic mass is 32.2. The molecule has 0 aliphatic heterocycles. The van der Waals surface area contributed by atoms with Crippen LogP contribution in [0.5, 0.6) is 5.75 Å². The molecule has 2 atom stereocenters. The Morgan fingerprint density at radius 3 is 2.37 bits per heavy atom. The molecule has 2 rings (SSSR count). The average Bonchev–Trinajstić information content (AvgIpc) is 2.80. The normalized spacial score (nSPS) is 13.4. The van der Waals surface area contributed by atoms with Crippen LogP contribution in [0.4, 0.5) is 0 Å². The van der Waals surface area contributed by atoms with Crippen molar-refractivity contribution in [1.82, 2.24) is 0 Å². The van der Waals surface area contributed by atoms with Gasteiger partial charge in [0, 0.05) is 16.1 Å². The van der Waals surface area contributed by atoms with Gasteiger partial charge >= 0.3 is 6.92 Å². The van der Waals surface area contributed by atoms with E-state index in [0.717, 1.165) is 16.4 Å². The summed E-state index contributed by atoms with van der Waals surface area (Å²) in [6.07, 6.45) is 7.59. The third-order valence-electron chi connectivity index (χ3n) is 4.58. The Morgan fingerprint density at radius 2 is 1.83 bits per heavy atom. The number of nitriles is 1. The predicted octanol–water partition coefficient (Wildman–Crippen LogP) is 4.69. The minimum Gasteiger partial charge on any atom is -0.497 e. The molecule has 1 N–H and O–H groups in total. The van der Waals surface area contributed by atoms with E-state index < -0.39 is 6.92 Å². The molecule has 2 unspecified atom stereocenters. The lowest BCUT2D eigenvalue weighted by atomic mass is 9.64. The van der Waals surface area contributed by atoms with Crippen LogP contribution < -0.4 is 10.2 Å². The first-order chi connectivity index (χ1) is 14.5. The fourth-order valence-electron chi connectivity index (χ4n) is 2.88. The fraction of sp³-hybridized carbons (Fsp3) is 0.208. The van der Waals surface area contributed by atoms with Gasteiger partial charge in [-0.3, -0.25) is 0 Å². The summed E-state index contributed by atoms with van der Waals surface area (Å²) in [4.78, 5) is 1.05. The molecule has 0 saturated heterocycles. The highest BCUT2D eigenvalue weighted by molar-refractivity contribution is 7.99. The van der Waals surface area contributed by atoms with E-state index in [9.17, 15) is 5.02 Å². The summed E-state index contributed by atoms with van der Waals surface area (Å²) >= 11 is 1.73. The first kappa shape index (κ1) is 23.4. The molecular formula is C24H26BNO3S. The quantitative estimate of drug-likeness (QED) is 0.262. The molecule has 0 saturated carbocycles. The van der Waals surface area contributed by atoms with E-state index in [0.29, 0.717) is 5.46 Å². The first-order valence-electron chi connectivity index (χ1n) is 9.55. The van der Waals surface area contributed by atoms with Crippen molar-refractivity contribution in [3.63, 3.8) is 0 Å². The summed E-state index contributed by atoms with van der Waals surface area (Å²) in [5, 5.41) is 18.7. The molecule has 2 aromatic carbocycles. The van der Waals surface area contributed by atoms with Crippen LogP contribution in [0, 0.1) is 17.1 Å². The maximum atomic E-state index is 9.69. The SMILES string of the molecule is C=C/C=C(\C=C/C(C)C(Sc1ccc(B(O)C#N)cc1)c1ccc(OC)cc1)OC. The van der Waals surface area contributed by atoms with Crippen molar-refractivity contribution in [3.05, 3.63) is 90.7 Å². The number of benzene rings is 2. The summed E-state index contributed by atoms with van der Waals surface area (Å²) in [5.74, 6) is 3.59. The van der Waals surface area contributed by atoms with Crippen molar-refractivity contribution in [2.24, 2.45) is 5.92 Å². The second-order valence-corrected chi connectivity index (χ2v) is 7.85. The minimum atomic E-state index is -1.10. The maximum Gasteiger partial charge on any atom is 0.445 e. The molecule has 0 aromatic heterocycles. The van der Waals surface area contributed by atoms with Gasteiger partial charge in [0.1, 0.15) is 11.5 Å². The highest BCUT2D eigenvalue weighted by Crippen LogP contribution is 2.41. The van der Waals surface area contributed by atoms with Gasteiger partial charge in [0.25, 0.3) is 0 Å². The Kier molecular flexibility index (Phi) is 9.33. The minimum absolute atomic E-state index is 0.140. The lowest BCUT2D eigenvalue weighted by molar-refractivity contribution is 0.306. The molecule has 0 fully saturated rings. The third-order valence-corrected chi connectivity index (χ3v) is 6.08. The van der Waals surface area contributed by atoms with Crippen LogP contribution in [0.2, 0.25) is 0 Å². The van der Waals surface area contributed by atoms with E-state index in [1.807, 2.05) is 42.4 Å². The number of hydrogen-bond donors (Lipinski definition) is 1. The second-order valence-electron chi connectivity index (χ2n) is 6.64. The zero-order valence-electron chi connectivity index (χ0n) is 17.5. The topological polar surface area (TPSA) is 62.5 Å². The van der Waals surface area contributed by atoms with Crippen molar-refractivity contribution in [2.75, 3.05) is 14.2 Å². The van der Waals surface area contributed by atoms with Crippen LogP contribution in [-0.2, 0) is 4.74 Å². The fourth-order valence-corrected chi connectivity index (χ4v) is 4.06. The number of ether oxygens (including phenoxy) is 2.